The van der Waals surface area contributed by atoms with Gasteiger partial charge in [0.2, 0.25) is 12.7 Å². The van der Waals surface area contributed by atoms with Gasteiger partial charge in [0, 0.05) is 26.2 Å². The van der Waals surface area contributed by atoms with Crippen molar-refractivity contribution in [3.05, 3.63) is 23.8 Å². The summed E-state index contributed by atoms with van der Waals surface area (Å²) in [5, 5.41) is 6.46. The molecule has 0 aromatic heterocycles. The number of aliphatic imine (C=N–C) groups is 1. The highest BCUT2D eigenvalue weighted by atomic mass is 127. The van der Waals surface area contributed by atoms with Crippen LogP contribution < -0.4 is 20.1 Å². The molecule has 2 heterocycles. The van der Waals surface area contributed by atoms with Gasteiger partial charge in [-0.05, 0) is 43.9 Å². The van der Waals surface area contributed by atoms with Gasteiger partial charge in [0.25, 0.3) is 0 Å². The first kappa shape index (κ1) is 20.6. The first-order valence-electron chi connectivity index (χ1n) is 8.94. The maximum Gasteiger partial charge on any atom is 0.244 e. The van der Waals surface area contributed by atoms with Crippen LogP contribution in [-0.2, 0) is 11.2 Å². The van der Waals surface area contributed by atoms with Crippen LogP contribution in [0.25, 0.3) is 0 Å². The standard InChI is InChI=1S/C18H26N4O3.HI/c1-2-19-18(21-12-17(23)22-9-3-4-10-22)20-8-7-14-5-6-15-16(11-14)25-13-24-15;/h5-6,11H,2-4,7-10,12-13H2,1H3,(H2,19,20,21);1H. The van der Waals surface area contributed by atoms with Gasteiger partial charge in [0.15, 0.2) is 17.5 Å². The number of hydrogen-bond donors (Lipinski definition) is 2. The molecule has 1 fully saturated rings. The topological polar surface area (TPSA) is 75.2 Å². The summed E-state index contributed by atoms with van der Waals surface area (Å²) < 4.78 is 10.7. The molecule has 0 saturated carbocycles. The maximum absolute atomic E-state index is 12.1. The van der Waals surface area contributed by atoms with Gasteiger partial charge in [-0.25, -0.2) is 4.99 Å². The fraction of sp³-hybridized carbons (Fsp3) is 0.556. The molecule has 0 aliphatic carbocycles. The van der Waals surface area contributed by atoms with Crippen molar-refractivity contribution in [1.29, 1.82) is 0 Å². The van der Waals surface area contributed by atoms with E-state index in [1.807, 2.05) is 30.0 Å². The van der Waals surface area contributed by atoms with Gasteiger partial charge in [0.05, 0.1) is 0 Å². The molecule has 0 radical (unpaired) electrons. The largest absolute Gasteiger partial charge is 0.454 e. The first-order chi connectivity index (χ1) is 12.3. The summed E-state index contributed by atoms with van der Waals surface area (Å²) in [5.41, 5.74) is 1.17. The molecule has 3 rings (SSSR count). The van der Waals surface area contributed by atoms with Crippen LogP contribution in [0.5, 0.6) is 11.5 Å². The van der Waals surface area contributed by atoms with Gasteiger partial charge in [-0.15, -0.1) is 24.0 Å². The summed E-state index contributed by atoms with van der Waals surface area (Å²) in [4.78, 5) is 18.4. The smallest absolute Gasteiger partial charge is 0.244 e. The van der Waals surface area contributed by atoms with Crippen LogP contribution in [0.3, 0.4) is 0 Å². The lowest BCUT2D eigenvalue weighted by Crippen LogP contribution is -2.39. The van der Waals surface area contributed by atoms with Crippen molar-refractivity contribution in [2.45, 2.75) is 26.2 Å². The van der Waals surface area contributed by atoms with E-state index in [0.717, 1.165) is 56.9 Å². The Bertz CT molecular complexity index is 633. The van der Waals surface area contributed by atoms with Crippen molar-refractivity contribution in [3.8, 4) is 11.5 Å². The number of hydrogen-bond acceptors (Lipinski definition) is 4. The lowest BCUT2D eigenvalue weighted by atomic mass is 10.1. The van der Waals surface area contributed by atoms with Crippen LogP contribution in [0.4, 0.5) is 0 Å². The third kappa shape index (κ3) is 5.65. The monoisotopic (exact) mass is 474 g/mol. The maximum atomic E-state index is 12.1. The van der Waals surface area contributed by atoms with Crippen LogP contribution in [0.2, 0.25) is 0 Å². The van der Waals surface area contributed by atoms with E-state index in [4.69, 9.17) is 9.47 Å². The van der Waals surface area contributed by atoms with Gasteiger partial charge in [-0.3, -0.25) is 4.79 Å². The minimum Gasteiger partial charge on any atom is -0.454 e. The van der Waals surface area contributed by atoms with Gasteiger partial charge in [-0.2, -0.15) is 0 Å². The minimum atomic E-state index is 0. The van der Waals surface area contributed by atoms with Crippen molar-refractivity contribution in [1.82, 2.24) is 15.5 Å². The van der Waals surface area contributed by atoms with E-state index in [1.54, 1.807) is 0 Å². The molecule has 0 unspecified atom stereocenters. The zero-order chi connectivity index (χ0) is 17.5. The van der Waals surface area contributed by atoms with E-state index in [2.05, 4.69) is 15.6 Å². The summed E-state index contributed by atoms with van der Waals surface area (Å²) >= 11 is 0. The molecule has 0 bridgehead atoms. The molecule has 2 N–H and O–H groups in total. The number of rotatable bonds is 6. The second-order valence-electron chi connectivity index (χ2n) is 6.15. The molecule has 2 aliphatic rings. The van der Waals surface area contributed by atoms with Crippen LogP contribution in [0, 0.1) is 0 Å². The number of nitrogens with one attached hydrogen (secondary N) is 2. The van der Waals surface area contributed by atoms with E-state index in [-0.39, 0.29) is 36.4 Å². The predicted molar refractivity (Wildman–Crippen MR) is 111 cm³/mol. The number of carbonyl (C=O) groups is 1. The Labute approximate surface area is 171 Å². The highest BCUT2D eigenvalue weighted by Crippen LogP contribution is 2.32. The highest BCUT2D eigenvalue weighted by Gasteiger charge is 2.17. The molecule has 1 aromatic rings. The normalized spacial score (nSPS) is 15.6. The predicted octanol–water partition coefficient (Wildman–Crippen LogP) is 1.75. The number of amides is 1. The third-order valence-corrected chi connectivity index (χ3v) is 4.32. The fourth-order valence-electron chi connectivity index (χ4n) is 2.98. The summed E-state index contributed by atoms with van der Waals surface area (Å²) in [6.45, 7) is 5.71. The lowest BCUT2D eigenvalue weighted by Gasteiger charge is -2.15. The highest BCUT2D eigenvalue weighted by molar-refractivity contribution is 14.0. The second-order valence-corrected chi connectivity index (χ2v) is 6.15. The summed E-state index contributed by atoms with van der Waals surface area (Å²) in [6.07, 6.45) is 3.04. The van der Waals surface area contributed by atoms with E-state index < -0.39 is 0 Å². The van der Waals surface area contributed by atoms with Crippen LogP contribution in [-0.4, -0.2) is 56.3 Å². The van der Waals surface area contributed by atoms with Crippen molar-refractivity contribution >= 4 is 35.8 Å². The fourth-order valence-corrected chi connectivity index (χ4v) is 2.98. The summed E-state index contributed by atoms with van der Waals surface area (Å²) in [5.74, 6) is 2.38. The molecule has 0 atom stereocenters. The molecular weight excluding hydrogens is 447 g/mol. The van der Waals surface area contributed by atoms with Gasteiger partial charge < -0.3 is 25.0 Å². The van der Waals surface area contributed by atoms with E-state index >= 15 is 0 Å². The average molecular weight is 474 g/mol. The molecule has 2 aliphatic heterocycles. The third-order valence-electron chi connectivity index (χ3n) is 4.32. The number of fused-ring (bicyclic) bond motifs is 1. The summed E-state index contributed by atoms with van der Waals surface area (Å²) in [6, 6.07) is 5.98. The van der Waals surface area contributed by atoms with Gasteiger partial charge in [0.1, 0.15) is 6.54 Å². The Kier molecular flexibility index (Phi) is 8.27. The zero-order valence-corrected chi connectivity index (χ0v) is 17.5. The molecule has 1 saturated heterocycles. The minimum absolute atomic E-state index is 0. The van der Waals surface area contributed by atoms with E-state index in [0.29, 0.717) is 12.8 Å². The quantitative estimate of drug-likeness (QED) is 0.374. The van der Waals surface area contributed by atoms with E-state index in [1.165, 1.54) is 5.56 Å². The molecular formula is C18H27IN4O3. The zero-order valence-electron chi connectivity index (χ0n) is 15.1. The van der Waals surface area contributed by atoms with Gasteiger partial charge in [-0.1, -0.05) is 6.07 Å². The number of benzene rings is 1. The molecule has 7 nitrogen and oxygen atoms in total. The number of halogens is 1. The number of carbonyl (C=O) groups excluding carboxylic acids is 1. The van der Waals surface area contributed by atoms with Crippen LogP contribution in [0.15, 0.2) is 23.2 Å². The Hall–Kier alpha value is -1.71. The molecule has 26 heavy (non-hydrogen) atoms. The molecule has 0 spiro atoms. The number of ether oxygens (including phenoxy) is 2. The number of nitrogens with zero attached hydrogens (tertiary/aromatic N) is 2. The summed E-state index contributed by atoms with van der Waals surface area (Å²) in [7, 11) is 0. The van der Waals surface area contributed by atoms with E-state index in [9.17, 15) is 4.79 Å². The van der Waals surface area contributed by atoms with Crippen molar-refractivity contribution in [3.63, 3.8) is 0 Å². The Balaban J connectivity index is 0.00000243. The molecule has 1 aromatic carbocycles. The Morgan fingerprint density at radius 1 is 1.19 bits per heavy atom. The van der Waals surface area contributed by atoms with Crippen molar-refractivity contribution in [2.75, 3.05) is 39.5 Å². The Morgan fingerprint density at radius 3 is 2.73 bits per heavy atom. The Morgan fingerprint density at radius 2 is 1.96 bits per heavy atom. The lowest BCUT2D eigenvalue weighted by molar-refractivity contribution is -0.128. The average Bonchev–Trinajstić information content (AvgIpc) is 3.30. The molecule has 8 heteroatoms. The first-order valence-corrected chi connectivity index (χ1v) is 8.94. The SMILES string of the molecule is CCNC(=NCC(=O)N1CCCC1)NCCc1ccc2c(c1)OCO2.I. The number of likely N-dealkylation sites (tertiary alicyclic amines) is 1. The van der Waals surface area contributed by atoms with Gasteiger partial charge >= 0.3 is 0 Å². The number of guanidine groups is 1. The van der Waals surface area contributed by atoms with Crippen molar-refractivity contribution in [2.24, 2.45) is 4.99 Å². The molecule has 144 valence electrons. The van der Waals surface area contributed by atoms with Crippen molar-refractivity contribution < 1.29 is 14.3 Å². The van der Waals surface area contributed by atoms with Crippen LogP contribution in [0.1, 0.15) is 25.3 Å². The second kappa shape index (κ2) is 10.4. The molecule has 1 amide bonds. The van der Waals surface area contributed by atoms with Crippen LogP contribution >= 0.6 is 24.0 Å².